The molecular formula is C29H31NO6. The second kappa shape index (κ2) is 10.1. The van der Waals surface area contributed by atoms with E-state index in [4.69, 9.17) is 18.9 Å². The standard InChI is InChI=1S/C29H31NO6/c1-33-23-17-25(34-2)28-24(31)19-29(36-26(28)18-23)11-13-30(14-12-29)27(32)8-5-15-35-22-10-9-20-6-3-4-7-21(20)16-22/h3-4,6-7,9-10,16-18H,5,8,11-15,19H2,1-2H3. The van der Waals surface area contributed by atoms with Gasteiger partial charge in [-0.1, -0.05) is 30.3 Å². The molecule has 1 fully saturated rings. The van der Waals surface area contributed by atoms with E-state index in [1.165, 1.54) is 12.5 Å². The number of piperidine rings is 1. The molecule has 188 valence electrons. The van der Waals surface area contributed by atoms with E-state index >= 15 is 0 Å². The molecule has 0 aliphatic carbocycles. The Hall–Kier alpha value is -3.74. The van der Waals surface area contributed by atoms with Crippen molar-refractivity contribution in [2.45, 2.75) is 37.7 Å². The van der Waals surface area contributed by atoms with Crippen LogP contribution in [-0.4, -0.2) is 56.1 Å². The smallest absolute Gasteiger partial charge is 0.222 e. The molecule has 0 atom stereocenters. The molecule has 0 radical (unpaired) electrons. The quantitative estimate of drug-likeness (QED) is 0.433. The molecule has 1 amide bonds. The highest BCUT2D eigenvalue weighted by molar-refractivity contribution is 6.03. The van der Waals surface area contributed by atoms with Crippen molar-refractivity contribution in [1.29, 1.82) is 0 Å². The second-order valence-electron chi connectivity index (χ2n) is 9.43. The molecule has 2 aliphatic rings. The number of carbonyl (C=O) groups is 2. The van der Waals surface area contributed by atoms with Crippen molar-refractivity contribution < 1.29 is 28.5 Å². The van der Waals surface area contributed by atoms with E-state index in [1.54, 1.807) is 19.2 Å². The van der Waals surface area contributed by atoms with E-state index in [2.05, 4.69) is 12.1 Å². The van der Waals surface area contributed by atoms with Crippen LogP contribution in [0.4, 0.5) is 0 Å². The number of rotatable bonds is 7. The highest BCUT2D eigenvalue weighted by Crippen LogP contribution is 2.44. The van der Waals surface area contributed by atoms with Crippen molar-refractivity contribution in [2.24, 2.45) is 0 Å². The summed E-state index contributed by atoms with van der Waals surface area (Å²) in [4.78, 5) is 27.7. The maximum Gasteiger partial charge on any atom is 0.222 e. The molecule has 7 nitrogen and oxygen atoms in total. The Morgan fingerprint density at radius 2 is 1.75 bits per heavy atom. The second-order valence-corrected chi connectivity index (χ2v) is 9.43. The number of benzene rings is 3. The van der Waals surface area contributed by atoms with Gasteiger partial charge in [0.1, 0.15) is 34.2 Å². The molecule has 0 saturated carbocycles. The molecule has 0 unspecified atom stereocenters. The first-order chi connectivity index (χ1) is 17.5. The van der Waals surface area contributed by atoms with Gasteiger partial charge in [-0.05, 0) is 29.3 Å². The maximum atomic E-state index is 13.0. The molecule has 0 bridgehead atoms. The number of likely N-dealkylation sites (tertiary alicyclic amines) is 1. The van der Waals surface area contributed by atoms with Crippen LogP contribution in [0.1, 0.15) is 42.5 Å². The molecule has 3 aromatic rings. The maximum absolute atomic E-state index is 13.0. The first kappa shape index (κ1) is 24.0. The van der Waals surface area contributed by atoms with Crippen LogP contribution in [-0.2, 0) is 4.79 Å². The van der Waals surface area contributed by atoms with E-state index in [-0.39, 0.29) is 18.1 Å². The average Bonchev–Trinajstić information content (AvgIpc) is 2.90. The summed E-state index contributed by atoms with van der Waals surface area (Å²) in [7, 11) is 3.10. The van der Waals surface area contributed by atoms with Gasteiger partial charge in [-0.15, -0.1) is 0 Å². The Bertz CT molecular complexity index is 1280. The first-order valence-electron chi connectivity index (χ1n) is 12.4. The number of amides is 1. The predicted molar refractivity (Wildman–Crippen MR) is 136 cm³/mol. The minimum atomic E-state index is -0.600. The summed E-state index contributed by atoms with van der Waals surface area (Å²) < 4.78 is 23.0. The van der Waals surface area contributed by atoms with E-state index in [1.807, 2.05) is 35.2 Å². The molecule has 2 aliphatic heterocycles. The summed E-state index contributed by atoms with van der Waals surface area (Å²) in [6, 6.07) is 17.6. The average molecular weight is 490 g/mol. The molecule has 5 rings (SSSR count). The predicted octanol–water partition coefficient (Wildman–Crippen LogP) is 5.04. The summed E-state index contributed by atoms with van der Waals surface area (Å²) in [5, 5.41) is 2.31. The van der Waals surface area contributed by atoms with Gasteiger partial charge in [-0.2, -0.15) is 0 Å². The molecule has 3 aromatic carbocycles. The Morgan fingerprint density at radius 3 is 2.50 bits per heavy atom. The lowest BCUT2D eigenvalue weighted by molar-refractivity contribution is -0.135. The molecule has 2 heterocycles. The van der Waals surface area contributed by atoms with Gasteiger partial charge in [0.15, 0.2) is 5.78 Å². The van der Waals surface area contributed by atoms with Crippen LogP contribution >= 0.6 is 0 Å². The number of fused-ring (bicyclic) bond motifs is 2. The minimum Gasteiger partial charge on any atom is -0.496 e. The molecule has 0 aromatic heterocycles. The van der Waals surface area contributed by atoms with E-state index in [9.17, 15) is 9.59 Å². The topological polar surface area (TPSA) is 74.3 Å². The highest BCUT2D eigenvalue weighted by Gasteiger charge is 2.44. The number of nitrogens with zero attached hydrogens (tertiary/aromatic N) is 1. The molecule has 1 spiro atoms. The monoisotopic (exact) mass is 489 g/mol. The number of carbonyl (C=O) groups excluding carboxylic acids is 2. The van der Waals surface area contributed by atoms with Gasteiger partial charge >= 0.3 is 0 Å². The van der Waals surface area contributed by atoms with Gasteiger partial charge in [0, 0.05) is 44.5 Å². The molecule has 36 heavy (non-hydrogen) atoms. The highest BCUT2D eigenvalue weighted by atomic mass is 16.5. The normalized spacial score (nSPS) is 16.4. The van der Waals surface area contributed by atoms with Crippen LogP contribution in [0.3, 0.4) is 0 Å². The van der Waals surface area contributed by atoms with Crippen LogP contribution in [0.25, 0.3) is 10.8 Å². The van der Waals surface area contributed by atoms with Gasteiger partial charge in [-0.25, -0.2) is 0 Å². The largest absolute Gasteiger partial charge is 0.496 e. The molecule has 7 heteroatoms. The number of hydrogen-bond acceptors (Lipinski definition) is 6. The third-order valence-corrected chi connectivity index (χ3v) is 7.14. The van der Waals surface area contributed by atoms with E-state index < -0.39 is 5.60 Å². The third-order valence-electron chi connectivity index (χ3n) is 7.14. The zero-order valence-electron chi connectivity index (χ0n) is 20.7. The molecule has 0 N–H and O–H groups in total. The number of ether oxygens (including phenoxy) is 4. The summed E-state index contributed by atoms with van der Waals surface area (Å²) in [6.07, 6.45) is 2.57. The van der Waals surface area contributed by atoms with Crippen molar-refractivity contribution >= 4 is 22.5 Å². The fourth-order valence-corrected chi connectivity index (χ4v) is 5.12. The van der Waals surface area contributed by atoms with E-state index in [0.717, 1.165) is 11.1 Å². The van der Waals surface area contributed by atoms with Crippen LogP contribution < -0.4 is 18.9 Å². The van der Waals surface area contributed by atoms with Gasteiger partial charge in [0.25, 0.3) is 0 Å². The lowest BCUT2D eigenvalue weighted by atomic mass is 9.82. The lowest BCUT2D eigenvalue weighted by Gasteiger charge is -2.44. The van der Waals surface area contributed by atoms with Crippen molar-refractivity contribution in [3.63, 3.8) is 0 Å². The Kier molecular flexibility index (Phi) is 6.72. The molecular weight excluding hydrogens is 458 g/mol. The first-order valence-corrected chi connectivity index (χ1v) is 12.4. The summed E-state index contributed by atoms with van der Waals surface area (Å²) >= 11 is 0. The Morgan fingerprint density at radius 1 is 0.972 bits per heavy atom. The van der Waals surface area contributed by atoms with Crippen LogP contribution in [0.5, 0.6) is 23.0 Å². The zero-order chi connectivity index (χ0) is 25.1. The van der Waals surface area contributed by atoms with Crippen molar-refractivity contribution in [2.75, 3.05) is 33.9 Å². The fourth-order valence-electron chi connectivity index (χ4n) is 5.12. The number of Topliss-reactive ketones (excluding diaryl/α,β-unsaturated/α-hetero) is 1. The number of ketones is 1. The van der Waals surface area contributed by atoms with Crippen molar-refractivity contribution in [1.82, 2.24) is 4.90 Å². The van der Waals surface area contributed by atoms with Crippen LogP contribution in [0.2, 0.25) is 0 Å². The lowest BCUT2D eigenvalue weighted by Crippen LogP contribution is -2.52. The fraction of sp³-hybridized carbons (Fsp3) is 0.379. The van der Waals surface area contributed by atoms with Crippen molar-refractivity contribution in [3.8, 4) is 23.0 Å². The van der Waals surface area contributed by atoms with Gasteiger partial charge in [0.2, 0.25) is 5.91 Å². The van der Waals surface area contributed by atoms with Gasteiger partial charge in [-0.3, -0.25) is 9.59 Å². The van der Waals surface area contributed by atoms with Gasteiger partial charge < -0.3 is 23.8 Å². The number of hydrogen-bond donors (Lipinski definition) is 0. The zero-order valence-corrected chi connectivity index (χ0v) is 20.7. The summed E-state index contributed by atoms with van der Waals surface area (Å²) in [5.41, 5.74) is -0.133. The van der Waals surface area contributed by atoms with E-state index in [0.29, 0.717) is 68.2 Å². The third kappa shape index (κ3) is 4.83. The van der Waals surface area contributed by atoms with Gasteiger partial charge in [0.05, 0.1) is 27.2 Å². The number of methoxy groups -OCH3 is 2. The van der Waals surface area contributed by atoms with Crippen LogP contribution in [0, 0.1) is 0 Å². The Labute approximate surface area is 210 Å². The van der Waals surface area contributed by atoms with Crippen molar-refractivity contribution in [3.05, 3.63) is 60.2 Å². The Balaban J connectivity index is 1.13. The molecule has 1 saturated heterocycles. The SMILES string of the molecule is COc1cc(OC)c2c(c1)OC1(CCN(C(=O)CCCOc3ccc4ccccc4c3)CC1)CC2=O. The summed E-state index contributed by atoms with van der Waals surface area (Å²) in [6.45, 7) is 1.61. The summed E-state index contributed by atoms with van der Waals surface area (Å²) in [5.74, 6) is 2.46. The minimum absolute atomic E-state index is 0.00127. The van der Waals surface area contributed by atoms with Crippen LogP contribution in [0.15, 0.2) is 54.6 Å².